The number of H-pyrrole nitrogens is 1. The molecule has 1 amide bonds. The average Bonchev–Trinajstić information content (AvgIpc) is 3.14. The van der Waals surface area contributed by atoms with Crippen LogP contribution in [0.2, 0.25) is 0 Å². The first-order chi connectivity index (χ1) is 12.7. The van der Waals surface area contributed by atoms with Crippen LogP contribution in [0.1, 0.15) is 21.6 Å². The second kappa shape index (κ2) is 6.09. The van der Waals surface area contributed by atoms with Crippen LogP contribution < -0.4 is 9.62 Å². The Labute approximate surface area is 156 Å². The standard InChI is InChI=1S/C19H18FN3O3S/c1-11-18(15-10-13(20)3-5-16(15)21-11)19(24)22-14-4-6-17-12(9-14)7-8-23(17)27(2,25)26/h3-6,9-10,21H,7-8H2,1-2H3,(H,22,24). The molecule has 2 aromatic carbocycles. The van der Waals surface area contributed by atoms with Crippen LogP contribution in [0.15, 0.2) is 36.4 Å². The van der Waals surface area contributed by atoms with Gasteiger partial charge < -0.3 is 10.3 Å². The minimum Gasteiger partial charge on any atom is -0.358 e. The van der Waals surface area contributed by atoms with Gasteiger partial charge in [-0.3, -0.25) is 9.10 Å². The summed E-state index contributed by atoms with van der Waals surface area (Å²) in [6, 6.07) is 9.42. The first-order valence-corrected chi connectivity index (χ1v) is 10.3. The maximum Gasteiger partial charge on any atom is 0.258 e. The van der Waals surface area contributed by atoms with E-state index >= 15 is 0 Å². The molecule has 4 rings (SSSR count). The lowest BCUT2D eigenvalue weighted by Gasteiger charge is -2.16. The number of anilines is 2. The van der Waals surface area contributed by atoms with Crippen molar-refractivity contribution >= 4 is 38.2 Å². The molecular weight excluding hydrogens is 369 g/mol. The molecule has 2 N–H and O–H groups in total. The smallest absolute Gasteiger partial charge is 0.258 e. The van der Waals surface area contributed by atoms with E-state index in [0.29, 0.717) is 46.5 Å². The van der Waals surface area contributed by atoms with E-state index in [1.807, 2.05) is 0 Å². The molecule has 0 spiro atoms. The van der Waals surface area contributed by atoms with E-state index < -0.39 is 15.8 Å². The van der Waals surface area contributed by atoms with Crippen LogP contribution in [0.25, 0.3) is 10.9 Å². The number of rotatable bonds is 3. The van der Waals surface area contributed by atoms with Gasteiger partial charge in [-0.25, -0.2) is 12.8 Å². The van der Waals surface area contributed by atoms with E-state index in [1.165, 1.54) is 22.7 Å². The molecule has 0 saturated carbocycles. The summed E-state index contributed by atoms with van der Waals surface area (Å²) in [5.74, 6) is -0.754. The van der Waals surface area contributed by atoms with Crippen molar-refractivity contribution in [2.45, 2.75) is 13.3 Å². The van der Waals surface area contributed by atoms with Crippen LogP contribution in [0.4, 0.5) is 15.8 Å². The zero-order chi connectivity index (χ0) is 19.3. The van der Waals surface area contributed by atoms with Gasteiger partial charge in [0.2, 0.25) is 10.0 Å². The molecule has 6 nitrogen and oxygen atoms in total. The number of benzene rings is 2. The Bertz CT molecular complexity index is 1180. The van der Waals surface area contributed by atoms with Crippen molar-refractivity contribution in [2.24, 2.45) is 0 Å². The van der Waals surface area contributed by atoms with Gasteiger partial charge in [0.25, 0.3) is 5.91 Å². The number of amides is 1. The summed E-state index contributed by atoms with van der Waals surface area (Å²) < 4.78 is 38.6. The molecule has 0 unspecified atom stereocenters. The quantitative estimate of drug-likeness (QED) is 0.724. The summed E-state index contributed by atoms with van der Waals surface area (Å²) in [5, 5.41) is 3.35. The Morgan fingerprint density at radius 1 is 1.22 bits per heavy atom. The minimum atomic E-state index is -3.31. The largest absolute Gasteiger partial charge is 0.358 e. The Morgan fingerprint density at radius 2 is 2.00 bits per heavy atom. The summed E-state index contributed by atoms with van der Waals surface area (Å²) in [7, 11) is -3.31. The highest BCUT2D eigenvalue weighted by Gasteiger charge is 2.26. The maximum atomic E-state index is 13.6. The second-order valence-electron chi connectivity index (χ2n) is 6.70. The summed E-state index contributed by atoms with van der Waals surface area (Å²) in [4.78, 5) is 15.9. The van der Waals surface area contributed by atoms with E-state index in [0.717, 1.165) is 5.56 Å². The molecule has 1 aromatic heterocycles. The van der Waals surface area contributed by atoms with Gasteiger partial charge in [0.15, 0.2) is 0 Å². The number of hydrogen-bond donors (Lipinski definition) is 2. The molecule has 1 aliphatic heterocycles. The average molecular weight is 387 g/mol. The van der Waals surface area contributed by atoms with Crippen LogP contribution in [0, 0.1) is 12.7 Å². The molecule has 2 heterocycles. The Balaban J connectivity index is 1.65. The van der Waals surface area contributed by atoms with Crippen molar-refractivity contribution in [1.82, 2.24) is 4.98 Å². The van der Waals surface area contributed by atoms with E-state index in [1.54, 1.807) is 31.2 Å². The van der Waals surface area contributed by atoms with Crippen LogP contribution in [-0.4, -0.2) is 32.1 Å². The number of aromatic nitrogens is 1. The minimum absolute atomic E-state index is 0.345. The first-order valence-electron chi connectivity index (χ1n) is 8.44. The van der Waals surface area contributed by atoms with Crippen molar-refractivity contribution in [3.05, 3.63) is 59.0 Å². The van der Waals surface area contributed by atoms with E-state index in [9.17, 15) is 17.6 Å². The number of aromatic amines is 1. The number of nitrogens with zero attached hydrogens (tertiary/aromatic N) is 1. The summed E-state index contributed by atoms with van der Waals surface area (Å²) >= 11 is 0. The summed E-state index contributed by atoms with van der Waals surface area (Å²) in [5.41, 5.74) is 3.80. The number of aryl methyl sites for hydroxylation is 1. The normalized spacial score (nSPS) is 13.8. The molecule has 0 fully saturated rings. The molecule has 0 aliphatic carbocycles. The Hall–Kier alpha value is -2.87. The lowest BCUT2D eigenvalue weighted by atomic mass is 10.1. The number of carbonyl (C=O) groups is 1. The van der Waals surface area contributed by atoms with Gasteiger partial charge >= 0.3 is 0 Å². The fraction of sp³-hybridized carbons (Fsp3) is 0.211. The van der Waals surface area contributed by atoms with Crippen LogP contribution >= 0.6 is 0 Å². The Kier molecular flexibility index (Phi) is 3.96. The predicted molar refractivity (Wildman–Crippen MR) is 103 cm³/mol. The molecule has 8 heteroatoms. The maximum absolute atomic E-state index is 13.6. The lowest BCUT2D eigenvalue weighted by Crippen LogP contribution is -2.27. The Morgan fingerprint density at radius 3 is 2.74 bits per heavy atom. The van der Waals surface area contributed by atoms with Gasteiger partial charge in [-0.2, -0.15) is 0 Å². The fourth-order valence-electron chi connectivity index (χ4n) is 3.58. The van der Waals surface area contributed by atoms with E-state index in [4.69, 9.17) is 0 Å². The molecule has 1 aliphatic rings. The van der Waals surface area contributed by atoms with Gasteiger partial charge in [0.05, 0.1) is 17.5 Å². The SMILES string of the molecule is Cc1[nH]c2ccc(F)cc2c1C(=O)Nc1ccc2c(c1)CCN2S(C)(=O)=O. The highest BCUT2D eigenvalue weighted by Crippen LogP contribution is 2.32. The van der Waals surface area contributed by atoms with Gasteiger partial charge in [0.1, 0.15) is 5.82 Å². The van der Waals surface area contributed by atoms with Crippen molar-refractivity contribution in [2.75, 3.05) is 22.4 Å². The molecule has 0 saturated heterocycles. The predicted octanol–water partition coefficient (Wildman–Crippen LogP) is 3.19. The van der Waals surface area contributed by atoms with Crippen molar-refractivity contribution in [1.29, 1.82) is 0 Å². The highest BCUT2D eigenvalue weighted by molar-refractivity contribution is 7.92. The van der Waals surface area contributed by atoms with Gasteiger partial charge in [0, 0.05) is 28.8 Å². The monoisotopic (exact) mass is 387 g/mol. The molecule has 140 valence electrons. The van der Waals surface area contributed by atoms with E-state index in [2.05, 4.69) is 10.3 Å². The number of nitrogens with one attached hydrogen (secondary N) is 2. The molecule has 3 aromatic rings. The number of sulfonamides is 1. The zero-order valence-corrected chi connectivity index (χ0v) is 15.7. The number of hydrogen-bond acceptors (Lipinski definition) is 3. The van der Waals surface area contributed by atoms with Gasteiger partial charge in [-0.05, 0) is 55.3 Å². The van der Waals surface area contributed by atoms with Gasteiger partial charge in [-0.15, -0.1) is 0 Å². The zero-order valence-electron chi connectivity index (χ0n) is 14.8. The number of carbonyl (C=O) groups excluding carboxylic acids is 1. The van der Waals surface area contributed by atoms with Crippen molar-refractivity contribution in [3.8, 4) is 0 Å². The number of halogens is 1. The lowest BCUT2D eigenvalue weighted by molar-refractivity contribution is 0.102. The number of fused-ring (bicyclic) bond motifs is 2. The third-order valence-electron chi connectivity index (χ3n) is 4.77. The van der Waals surface area contributed by atoms with Crippen LogP contribution in [0.3, 0.4) is 0 Å². The second-order valence-corrected chi connectivity index (χ2v) is 8.60. The topological polar surface area (TPSA) is 82.3 Å². The third kappa shape index (κ3) is 3.06. The van der Waals surface area contributed by atoms with Crippen molar-refractivity contribution < 1.29 is 17.6 Å². The molecular formula is C19H18FN3O3S. The first kappa shape index (κ1) is 17.5. The molecule has 27 heavy (non-hydrogen) atoms. The summed E-state index contributed by atoms with van der Waals surface area (Å²) in [6.45, 7) is 2.16. The van der Waals surface area contributed by atoms with Crippen LogP contribution in [-0.2, 0) is 16.4 Å². The molecule has 0 atom stereocenters. The van der Waals surface area contributed by atoms with Crippen molar-refractivity contribution in [3.63, 3.8) is 0 Å². The third-order valence-corrected chi connectivity index (χ3v) is 5.95. The fourth-order valence-corrected chi connectivity index (χ4v) is 4.54. The van der Waals surface area contributed by atoms with E-state index in [-0.39, 0.29) is 5.91 Å². The molecule has 0 bridgehead atoms. The summed E-state index contributed by atoms with van der Waals surface area (Å²) in [6.07, 6.45) is 1.76. The molecule has 0 radical (unpaired) electrons. The van der Waals surface area contributed by atoms with Crippen LogP contribution in [0.5, 0.6) is 0 Å². The highest BCUT2D eigenvalue weighted by atomic mass is 32.2. The van der Waals surface area contributed by atoms with Gasteiger partial charge in [-0.1, -0.05) is 0 Å².